The highest BCUT2D eigenvalue weighted by Gasteiger charge is 2.33. The Morgan fingerprint density at radius 2 is 1.86 bits per heavy atom. The molecular formula is C18H27N3O6S. The van der Waals surface area contributed by atoms with E-state index in [0.717, 1.165) is 5.56 Å². The molecule has 0 bridgehead atoms. The number of amides is 2. The van der Waals surface area contributed by atoms with E-state index in [1.165, 1.54) is 19.2 Å². The van der Waals surface area contributed by atoms with E-state index >= 15 is 0 Å². The van der Waals surface area contributed by atoms with Gasteiger partial charge in [0.1, 0.15) is 0 Å². The molecule has 0 radical (unpaired) electrons. The lowest BCUT2D eigenvalue weighted by molar-refractivity contribution is -0.129. The van der Waals surface area contributed by atoms with Crippen LogP contribution in [0.15, 0.2) is 29.2 Å². The molecule has 1 heterocycles. The molecule has 1 aliphatic heterocycles. The second-order valence-corrected chi connectivity index (χ2v) is 8.25. The Bertz CT molecular complexity index is 766. The van der Waals surface area contributed by atoms with Crippen LogP contribution in [0.4, 0.5) is 0 Å². The van der Waals surface area contributed by atoms with E-state index in [-0.39, 0.29) is 48.7 Å². The molecule has 0 spiro atoms. The fourth-order valence-electron chi connectivity index (χ4n) is 2.85. The fourth-order valence-corrected chi connectivity index (χ4v) is 3.86. The van der Waals surface area contributed by atoms with Crippen molar-refractivity contribution in [3.05, 3.63) is 29.8 Å². The summed E-state index contributed by atoms with van der Waals surface area (Å²) in [5.74, 6) is -0.618. The largest absolute Gasteiger partial charge is 0.383 e. The third-order valence-corrected chi connectivity index (χ3v) is 5.93. The Morgan fingerprint density at radius 3 is 2.50 bits per heavy atom. The van der Waals surface area contributed by atoms with Gasteiger partial charge in [0.2, 0.25) is 21.8 Å². The molecule has 10 heteroatoms. The third-order valence-electron chi connectivity index (χ3n) is 4.45. The molecule has 0 saturated carbocycles. The average molecular weight is 413 g/mol. The molecule has 0 aliphatic carbocycles. The molecule has 1 aromatic carbocycles. The predicted molar refractivity (Wildman–Crippen MR) is 102 cm³/mol. The maximum atomic E-state index is 12.3. The van der Waals surface area contributed by atoms with E-state index < -0.39 is 10.0 Å². The zero-order valence-corrected chi connectivity index (χ0v) is 17.0. The van der Waals surface area contributed by atoms with Crippen molar-refractivity contribution < 1.29 is 27.5 Å². The lowest BCUT2D eigenvalue weighted by Crippen LogP contribution is -2.33. The van der Waals surface area contributed by atoms with Gasteiger partial charge in [-0.05, 0) is 17.7 Å². The molecule has 0 aromatic heterocycles. The molecule has 156 valence electrons. The molecule has 1 atom stereocenters. The molecule has 2 amide bonds. The van der Waals surface area contributed by atoms with Gasteiger partial charge in [0.15, 0.2) is 0 Å². The Morgan fingerprint density at radius 1 is 1.18 bits per heavy atom. The van der Waals surface area contributed by atoms with E-state index in [2.05, 4.69) is 10.0 Å². The standard InChI is InChI=1S/C18H27N3O6S/c1-26-9-7-20-28(24,25)16-5-3-14(4-6-16)12-19-18(23)15-11-17(22)21(13-15)8-10-27-2/h3-6,15,20H,7-13H2,1-2H3,(H,19,23). The Balaban J connectivity index is 1.84. The van der Waals surface area contributed by atoms with Gasteiger partial charge in [-0.3, -0.25) is 9.59 Å². The van der Waals surface area contributed by atoms with Gasteiger partial charge in [-0.25, -0.2) is 13.1 Å². The molecule has 1 aromatic rings. The number of nitrogens with one attached hydrogen (secondary N) is 2. The quantitative estimate of drug-likeness (QED) is 0.483. The first-order valence-electron chi connectivity index (χ1n) is 8.99. The van der Waals surface area contributed by atoms with Crippen LogP contribution in [0.5, 0.6) is 0 Å². The first-order valence-corrected chi connectivity index (χ1v) is 10.5. The van der Waals surface area contributed by atoms with Crippen molar-refractivity contribution >= 4 is 21.8 Å². The van der Waals surface area contributed by atoms with Crippen molar-refractivity contribution in [3.8, 4) is 0 Å². The summed E-state index contributed by atoms with van der Waals surface area (Å²) < 4.78 is 36.5. The summed E-state index contributed by atoms with van der Waals surface area (Å²) in [5, 5.41) is 2.81. The van der Waals surface area contributed by atoms with Crippen LogP contribution in [0.2, 0.25) is 0 Å². The number of sulfonamides is 1. The average Bonchev–Trinajstić information content (AvgIpc) is 3.05. The van der Waals surface area contributed by atoms with Gasteiger partial charge in [0, 0.05) is 46.8 Å². The Hall–Kier alpha value is -2.01. The van der Waals surface area contributed by atoms with Gasteiger partial charge in [-0.1, -0.05) is 12.1 Å². The summed E-state index contributed by atoms with van der Waals surface area (Å²) in [6.45, 7) is 2.05. The number of methoxy groups -OCH3 is 2. The monoisotopic (exact) mass is 413 g/mol. The number of likely N-dealkylation sites (tertiary alicyclic amines) is 1. The lowest BCUT2D eigenvalue weighted by atomic mass is 10.1. The molecule has 1 fully saturated rings. The van der Waals surface area contributed by atoms with Crippen LogP contribution < -0.4 is 10.0 Å². The maximum Gasteiger partial charge on any atom is 0.240 e. The lowest BCUT2D eigenvalue weighted by Gasteiger charge is -2.15. The maximum absolute atomic E-state index is 12.3. The SMILES string of the molecule is COCCNS(=O)(=O)c1ccc(CNC(=O)C2CC(=O)N(CCOC)C2)cc1. The minimum Gasteiger partial charge on any atom is -0.383 e. The Labute approximate surface area is 165 Å². The molecule has 1 unspecified atom stereocenters. The number of carbonyl (C=O) groups is 2. The number of nitrogens with zero attached hydrogens (tertiary/aromatic N) is 1. The van der Waals surface area contributed by atoms with Crippen LogP contribution in [0.25, 0.3) is 0 Å². The summed E-state index contributed by atoms with van der Waals surface area (Å²) in [6, 6.07) is 6.27. The number of hydrogen-bond acceptors (Lipinski definition) is 6. The number of rotatable bonds is 11. The van der Waals surface area contributed by atoms with Crippen molar-refractivity contribution in [2.45, 2.75) is 17.9 Å². The van der Waals surface area contributed by atoms with E-state index in [1.54, 1.807) is 24.1 Å². The van der Waals surface area contributed by atoms with E-state index in [1.807, 2.05) is 0 Å². The van der Waals surface area contributed by atoms with Crippen LogP contribution in [-0.4, -0.2) is 72.2 Å². The molecule has 2 rings (SSSR count). The van der Waals surface area contributed by atoms with E-state index in [0.29, 0.717) is 19.7 Å². The third kappa shape index (κ3) is 6.26. The number of hydrogen-bond donors (Lipinski definition) is 2. The van der Waals surface area contributed by atoms with Crippen molar-refractivity contribution in [1.82, 2.24) is 14.9 Å². The highest BCUT2D eigenvalue weighted by Crippen LogP contribution is 2.18. The zero-order valence-electron chi connectivity index (χ0n) is 16.1. The summed E-state index contributed by atoms with van der Waals surface area (Å²) in [6.07, 6.45) is 0.194. The molecule has 28 heavy (non-hydrogen) atoms. The number of carbonyl (C=O) groups excluding carboxylic acids is 2. The van der Waals surface area contributed by atoms with Gasteiger partial charge in [-0.2, -0.15) is 0 Å². The fraction of sp³-hybridized carbons (Fsp3) is 0.556. The zero-order chi connectivity index (χ0) is 20.6. The molecule has 1 aliphatic rings. The topological polar surface area (TPSA) is 114 Å². The minimum absolute atomic E-state index is 0.0484. The number of ether oxygens (including phenoxy) is 2. The first-order chi connectivity index (χ1) is 13.4. The second-order valence-electron chi connectivity index (χ2n) is 6.49. The highest BCUT2D eigenvalue weighted by molar-refractivity contribution is 7.89. The van der Waals surface area contributed by atoms with Crippen LogP contribution in [-0.2, 0) is 35.6 Å². The molecular weight excluding hydrogens is 386 g/mol. The van der Waals surface area contributed by atoms with Gasteiger partial charge < -0.3 is 19.7 Å². The normalized spacial score (nSPS) is 17.1. The molecule has 1 saturated heterocycles. The molecule has 2 N–H and O–H groups in total. The smallest absolute Gasteiger partial charge is 0.240 e. The summed E-state index contributed by atoms with van der Waals surface area (Å²) >= 11 is 0. The van der Waals surface area contributed by atoms with Crippen molar-refractivity contribution in [2.75, 3.05) is 47.1 Å². The van der Waals surface area contributed by atoms with Crippen LogP contribution in [0, 0.1) is 5.92 Å². The molecule has 9 nitrogen and oxygen atoms in total. The van der Waals surface area contributed by atoms with Crippen LogP contribution in [0.3, 0.4) is 0 Å². The van der Waals surface area contributed by atoms with Crippen molar-refractivity contribution in [1.29, 1.82) is 0 Å². The summed E-state index contributed by atoms with van der Waals surface area (Å²) in [7, 11) is -0.522. The van der Waals surface area contributed by atoms with Crippen molar-refractivity contribution in [2.24, 2.45) is 5.92 Å². The summed E-state index contributed by atoms with van der Waals surface area (Å²) in [4.78, 5) is 26.0. The van der Waals surface area contributed by atoms with Gasteiger partial charge in [0.05, 0.1) is 24.0 Å². The highest BCUT2D eigenvalue weighted by atomic mass is 32.2. The van der Waals surface area contributed by atoms with Crippen LogP contribution >= 0.6 is 0 Å². The van der Waals surface area contributed by atoms with Crippen molar-refractivity contribution in [3.63, 3.8) is 0 Å². The van der Waals surface area contributed by atoms with Gasteiger partial charge in [0.25, 0.3) is 0 Å². The first kappa shape index (κ1) is 22.3. The van der Waals surface area contributed by atoms with Crippen LogP contribution in [0.1, 0.15) is 12.0 Å². The predicted octanol–water partition coefficient (Wildman–Crippen LogP) is -0.278. The number of benzene rings is 1. The summed E-state index contributed by atoms with van der Waals surface area (Å²) in [5.41, 5.74) is 0.768. The van der Waals surface area contributed by atoms with Gasteiger partial charge >= 0.3 is 0 Å². The van der Waals surface area contributed by atoms with Gasteiger partial charge in [-0.15, -0.1) is 0 Å². The van der Waals surface area contributed by atoms with E-state index in [9.17, 15) is 18.0 Å². The minimum atomic E-state index is -3.58. The van der Waals surface area contributed by atoms with E-state index in [4.69, 9.17) is 9.47 Å². The Kier molecular flexibility index (Phi) is 8.36. The second kappa shape index (κ2) is 10.5.